The monoisotopic (exact) mass is 728 g/mol. The van der Waals surface area contributed by atoms with Crippen molar-refractivity contribution in [2.24, 2.45) is 0 Å². The minimum atomic E-state index is -1.63. The molecule has 53 heavy (non-hydrogen) atoms. The molecule has 5 rings (SSSR count). The lowest BCUT2D eigenvalue weighted by Crippen LogP contribution is -2.27. The summed E-state index contributed by atoms with van der Waals surface area (Å²) in [4.78, 5) is 24.6. The summed E-state index contributed by atoms with van der Waals surface area (Å²) in [7, 11) is 0. The second kappa shape index (κ2) is 15.8. The average Bonchev–Trinajstić information content (AvgIpc) is 3.06. The molecule has 0 aliphatic carbocycles. The molecule has 0 spiro atoms. The number of benzene rings is 5. The molecule has 276 valence electrons. The van der Waals surface area contributed by atoms with Gasteiger partial charge in [-0.05, 0) is 131 Å². The van der Waals surface area contributed by atoms with Gasteiger partial charge in [-0.3, -0.25) is 10.6 Å². The first-order chi connectivity index (χ1) is 24.9. The molecule has 2 amide bonds. The van der Waals surface area contributed by atoms with Crippen LogP contribution in [0, 0.1) is 23.3 Å². The summed E-state index contributed by atoms with van der Waals surface area (Å²) in [5.74, 6) is -4.82. The van der Waals surface area contributed by atoms with Crippen molar-refractivity contribution < 1.29 is 41.4 Å². The minimum absolute atomic E-state index is 0.112. The van der Waals surface area contributed by atoms with Gasteiger partial charge in [0.05, 0.1) is 0 Å². The fraction of sp³-hybridized carbons (Fsp3) is 0.238. The van der Waals surface area contributed by atoms with E-state index in [1.54, 1.807) is 77.9 Å². The number of rotatable bonds is 9. The molecule has 0 heterocycles. The number of nitrogens with one attached hydrogen (secondary N) is 2. The number of hydrogen-bond donors (Lipinski definition) is 2. The van der Waals surface area contributed by atoms with E-state index in [-0.39, 0.29) is 22.8 Å². The Morgan fingerprint density at radius 2 is 1.04 bits per heavy atom. The molecule has 0 unspecified atom stereocenters. The molecular weight excluding hydrogens is 688 g/mol. The molecule has 0 radical (unpaired) electrons. The van der Waals surface area contributed by atoms with Crippen molar-refractivity contribution in [1.82, 2.24) is 0 Å². The number of carbonyl (C=O) groups is 2. The normalized spacial score (nSPS) is 11.6. The Kier molecular flexibility index (Phi) is 11.5. The fourth-order valence-corrected chi connectivity index (χ4v) is 5.44. The van der Waals surface area contributed by atoms with Gasteiger partial charge in [0.1, 0.15) is 28.5 Å². The van der Waals surface area contributed by atoms with Crippen molar-refractivity contribution in [1.29, 1.82) is 0 Å². The smallest absolute Gasteiger partial charge is 0.412 e. The number of ether oxygens (including phenoxy) is 3. The molecule has 5 aromatic carbocycles. The van der Waals surface area contributed by atoms with Crippen LogP contribution in [-0.2, 0) is 15.9 Å². The largest absolute Gasteiger partial charge is 0.457 e. The van der Waals surface area contributed by atoms with Crippen LogP contribution in [0.4, 0.5) is 38.5 Å². The average molecular weight is 729 g/mol. The van der Waals surface area contributed by atoms with Crippen LogP contribution < -0.4 is 15.4 Å². The Hall–Kier alpha value is -5.84. The topological polar surface area (TPSA) is 85.9 Å². The van der Waals surface area contributed by atoms with Gasteiger partial charge in [0.25, 0.3) is 0 Å². The Balaban J connectivity index is 1.34. The van der Waals surface area contributed by atoms with Crippen LogP contribution in [0.15, 0.2) is 103 Å². The van der Waals surface area contributed by atoms with Crippen LogP contribution in [0.25, 0.3) is 11.1 Å². The van der Waals surface area contributed by atoms with Crippen LogP contribution in [0.3, 0.4) is 0 Å². The summed E-state index contributed by atoms with van der Waals surface area (Å²) in [5.41, 5.74) is 2.48. The lowest BCUT2D eigenvalue weighted by Gasteiger charge is -2.21. The van der Waals surface area contributed by atoms with Gasteiger partial charge in [0.15, 0.2) is 17.5 Å². The van der Waals surface area contributed by atoms with Gasteiger partial charge in [-0.25, -0.2) is 27.2 Å². The summed E-state index contributed by atoms with van der Waals surface area (Å²) in [6, 6.07) is 27.4. The van der Waals surface area contributed by atoms with E-state index in [2.05, 4.69) is 10.6 Å². The standard InChI is InChI=1S/C42H40F4N2O5/c1-41(2,3)52-39(49)47-29-13-9-26(10-14-29)34(27-11-15-30(16-12-27)48-40(50)53-42(4,5)6)21-25-7-17-31(18-8-25)51-32-19-20-33(35(43)24-32)28-22-36(44)38(46)37(45)23-28/h7-20,22-24,34H,21H2,1-6H3,(H,47,49)(H,48,50). The minimum Gasteiger partial charge on any atom is -0.457 e. The van der Waals surface area contributed by atoms with Gasteiger partial charge in [-0.15, -0.1) is 0 Å². The molecule has 2 N–H and O–H groups in total. The molecule has 0 aliphatic heterocycles. The van der Waals surface area contributed by atoms with E-state index in [4.69, 9.17) is 14.2 Å². The highest BCUT2D eigenvalue weighted by Crippen LogP contribution is 2.33. The number of hydrogen-bond acceptors (Lipinski definition) is 5. The van der Waals surface area contributed by atoms with Crippen LogP contribution in [0.5, 0.6) is 11.5 Å². The molecule has 0 atom stereocenters. The molecule has 0 aliphatic rings. The zero-order valence-corrected chi connectivity index (χ0v) is 30.2. The first-order valence-electron chi connectivity index (χ1n) is 16.8. The van der Waals surface area contributed by atoms with E-state index < -0.39 is 46.7 Å². The van der Waals surface area contributed by atoms with Gasteiger partial charge in [-0.1, -0.05) is 36.4 Å². The molecule has 0 saturated carbocycles. The van der Waals surface area contributed by atoms with E-state index in [0.29, 0.717) is 23.5 Å². The predicted octanol–water partition coefficient (Wildman–Crippen LogP) is 11.8. The van der Waals surface area contributed by atoms with Crippen LogP contribution in [-0.4, -0.2) is 23.4 Å². The molecule has 7 nitrogen and oxygen atoms in total. The van der Waals surface area contributed by atoms with Crippen LogP contribution >= 0.6 is 0 Å². The Morgan fingerprint density at radius 1 is 0.585 bits per heavy atom. The molecule has 0 aromatic heterocycles. The maximum Gasteiger partial charge on any atom is 0.412 e. The van der Waals surface area contributed by atoms with Gasteiger partial charge in [-0.2, -0.15) is 0 Å². The molecule has 0 fully saturated rings. The zero-order chi connectivity index (χ0) is 38.5. The third-order valence-electron chi connectivity index (χ3n) is 7.75. The molecular formula is C42H40F4N2O5. The van der Waals surface area contributed by atoms with E-state index in [1.165, 1.54) is 12.1 Å². The van der Waals surface area contributed by atoms with Crippen molar-refractivity contribution in [2.45, 2.75) is 65.1 Å². The highest BCUT2D eigenvalue weighted by atomic mass is 19.2. The van der Waals surface area contributed by atoms with E-state index >= 15 is 0 Å². The highest BCUT2D eigenvalue weighted by molar-refractivity contribution is 5.85. The summed E-state index contributed by atoms with van der Waals surface area (Å²) in [5, 5.41) is 5.50. The highest BCUT2D eigenvalue weighted by Gasteiger charge is 2.20. The fourth-order valence-electron chi connectivity index (χ4n) is 5.44. The van der Waals surface area contributed by atoms with Crippen molar-refractivity contribution >= 4 is 23.6 Å². The quantitative estimate of drug-likeness (QED) is 0.117. The number of anilines is 2. The maximum atomic E-state index is 15.0. The van der Waals surface area contributed by atoms with Crippen molar-refractivity contribution in [3.05, 3.63) is 143 Å². The molecule has 0 saturated heterocycles. The molecule has 11 heteroatoms. The van der Waals surface area contributed by atoms with Gasteiger partial charge in [0.2, 0.25) is 0 Å². The molecule has 5 aromatic rings. The second-order valence-electron chi connectivity index (χ2n) is 14.4. The van der Waals surface area contributed by atoms with E-state index in [9.17, 15) is 27.2 Å². The summed E-state index contributed by atoms with van der Waals surface area (Å²) in [6.07, 6.45) is -0.560. The maximum absolute atomic E-state index is 15.0. The Morgan fingerprint density at radius 3 is 1.47 bits per heavy atom. The second-order valence-corrected chi connectivity index (χ2v) is 14.4. The van der Waals surface area contributed by atoms with Crippen molar-refractivity contribution in [2.75, 3.05) is 10.6 Å². The van der Waals surface area contributed by atoms with Gasteiger partial charge < -0.3 is 14.2 Å². The summed E-state index contributed by atoms with van der Waals surface area (Å²) >= 11 is 0. The first kappa shape index (κ1) is 38.4. The van der Waals surface area contributed by atoms with E-state index in [1.807, 2.05) is 36.4 Å². The lowest BCUT2D eigenvalue weighted by atomic mass is 9.86. The van der Waals surface area contributed by atoms with Crippen molar-refractivity contribution in [3.63, 3.8) is 0 Å². The Bertz CT molecular complexity index is 1980. The summed E-state index contributed by atoms with van der Waals surface area (Å²) in [6.45, 7) is 10.7. The van der Waals surface area contributed by atoms with E-state index in [0.717, 1.165) is 34.9 Å². The zero-order valence-electron chi connectivity index (χ0n) is 30.2. The third kappa shape index (κ3) is 10.8. The van der Waals surface area contributed by atoms with Crippen LogP contribution in [0.1, 0.15) is 64.2 Å². The van der Waals surface area contributed by atoms with Crippen molar-refractivity contribution in [3.8, 4) is 22.6 Å². The number of halogens is 4. The van der Waals surface area contributed by atoms with Gasteiger partial charge in [0, 0.05) is 28.9 Å². The third-order valence-corrected chi connectivity index (χ3v) is 7.75. The lowest BCUT2D eigenvalue weighted by molar-refractivity contribution is 0.0624. The van der Waals surface area contributed by atoms with Crippen LogP contribution in [0.2, 0.25) is 0 Å². The Labute approximate surface area is 305 Å². The molecule has 0 bridgehead atoms. The first-order valence-corrected chi connectivity index (χ1v) is 16.8. The number of amides is 2. The predicted molar refractivity (Wildman–Crippen MR) is 196 cm³/mol. The number of carbonyl (C=O) groups excluding carboxylic acids is 2. The van der Waals surface area contributed by atoms with Gasteiger partial charge >= 0.3 is 12.2 Å². The summed E-state index contributed by atoms with van der Waals surface area (Å²) < 4.78 is 72.4. The SMILES string of the molecule is CC(C)(C)OC(=O)Nc1ccc(C(Cc2ccc(Oc3ccc(-c4cc(F)c(F)c(F)c4)c(F)c3)cc2)c2ccc(NC(=O)OC(C)(C)C)cc2)cc1.